The Labute approximate surface area is 155 Å². The highest BCUT2D eigenvalue weighted by molar-refractivity contribution is 9.10. The zero-order chi connectivity index (χ0) is 18.2. The zero-order valence-corrected chi connectivity index (χ0v) is 15.7. The van der Waals surface area contributed by atoms with Crippen molar-refractivity contribution in [2.24, 2.45) is 0 Å². The van der Waals surface area contributed by atoms with E-state index in [1.54, 1.807) is 31.2 Å². The predicted octanol–water partition coefficient (Wildman–Crippen LogP) is 3.50. The molecule has 0 spiro atoms. The van der Waals surface area contributed by atoms with Crippen LogP contribution in [-0.4, -0.2) is 31.1 Å². The highest BCUT2D eigenvalue weighted by Crippen LogP contribution is 2.11. The van der Waals surface area contributed by atoms with Gasteiger partial charge in [0.05, 0.1) is 0 Å². The fourth-order valence-electron chi connectivity index (χ4n) is 2.00. The number of hydrogen-bond acceptors (Lipinski definition) is 4. The van der Waals surface area contributed by atoms with Gasteiger partial charge in [-0.25, -0.2) is 4.79 Å². The lowest BCUT2D eigenvalue weighted by molar-refractivity contribution is -0.146. The predicted molar refractivity (Wildman–Crippen MR) is 98.7 cm³/mol. The molecule has 1 amide bonds. The molecule has 0 unspecified atom stereocenters. The Bertz CT molecular complexity index is 713. The molecule has 2 aromatic carbocycles. The molecule has 6 heteroatoms. The molecular formula is C19H20BrNO4. The Morgan fingerprint density at radius 2 is 1.68 bits per heavy atom. The van der Waals surface area contributed by atoms with Crippen LogP contribution in [0, 0.1) is 6.92 Å². The van der Waals surface area contributed by atoms with E-state index in [0.717, 1.165) is 15.8 Å². The molecule has 2 rings (SSSR count). The summed E-state index contributed by atoms with van der Waals surface area (Å²) in [5.74, 6) is -0.107. The van der Waals surface area contributed by atoms with Crippen molar-refractivity contribution in [2.45, 2.75) is 19.9 Å². The van der Waals surface area contributed by atoms with E-state index in [9.17, 15) is 9.59 Å². The Morgan fingerprint density at radius 1 is 1.04 bits per heavy atom. The Morgan fingerprint density at radius 3 is 2.32 bits per heavy atom. The molecule has 0 aliphatic carbocycles. The summed E-state index contributed by atoms with van der Waals surface area (Å²) < 4.78 is 11.5. The lowest BCUT2D eigenvalue weighted by Gasteiger charge is -2.14. The summed E-state index contributed by atoms with van der Waals surface area (Å²) in [6.45, 7) is 3.95. The van der Waals surface area contributed by atoms with Crippen molar-refractivity contribution in [3.63, 3.8) is 0 Å². The lowest BCUT2D eigenvalue weighted by Crippen LogP contribution is -2.39. The first-order chi connectivity index (χ1) is 12.0. The Hall–Kier alpha value is -2.34. The molecule has 5 nitrogen and oxygen atoms in total. The van der Waals surface area contributed by atoms with Gasteiger partial charge in [0.15, 0.2) is 0 Å². The summed E-state index contributed by atoms with van der Waals surface area (Å²) in [7, 11) is 0. The van der Waals surface area contributed by atoms with Gasteiger partial charge in [-0.1, -0.05) is 33.6 Å². The second-order valence-corrected chi connectivity index (χ2v) is 6.45. The molecule has 2 aromatic rings. The molecule has 0 saturated heterocycles. The number of ether oxygens (including phenoxy) is 2. The molecule has 0 aliphatic heterocycles. The standard InChI is InChI=1S/C19H20BrNO4/c1-13-3-9-17(10-4-13)24-11-12-25-19(23)14(2)21-18(22)15-5-7-16(20)8-6-15/h3-10,14H,11-12H2,1-2H3,(H,21,22)/t14-/m0/s1. The quantitative estimate of drug-likeness (QED) is 0.565. The topological polar surface area (TPSA) is 64.6 Å². The summed E-state index contributed by atoms with van der Waals surface area (Å²) in [4.78, 5) is 24.0. The number of hydrogen-bond donors (Lipinski definition) is 1. The normalized spacial score (nSPS) is 11.5. The molecule has 0 heterocycles. The van der Waals surface area contributed by atoms with Crippen molar-refractivity contribution >= 4 is 27.8 Å². The molecule has 0 fully saturated rings. The third-order valence-electron chi connectivity index (χ3n) is 3.42. The van der Waals surface area contributed by atoms with Gasteiger partial charge in [0.1, 0.15) is 25.0 Å². The molecule has 0 saturated carbocycles. The summed E-state index contributed by atoms with van der Waals surface area (Å²) in [5, 5.41) is 2.61. The first-order valence-corrected chi connectivity index (χ1v) is 8.67. The van der Waals surface area contributed by atoms with E-state index in [-0.39, 0.29) is 19.1 Å². The van der Waals surface area contributed by atoms with Crippen molar-refractivity contribution in [1.29, 1.82) is 0 Å². The molecule has 1 atom stereocenters. The van der Waals surface area contributed by atoms with E-state index in [1.807, 2.05) is 31.2 Å². The third-order valence-corrected chi connectivity index (χ3v) is 3.95. The molecule has 132 valence electrons. The number of halogens is 1. The number of benzene rings is 2. The van der Waals surface area contributed by atoms with Gasteiger partial charge in [0, 0.05) is 10.0 Å². The van der Waals surface area contributed by atoms with Crippen molar-refractivity contribution in [2.75, 3.05) is 13.2 Å². The molecule has 0 bridgehead atoms. The molecular weight excluding hydrogens is 386 g/mol. The first-order valence-electron chi connectivity index (χ1n) is 7.88. The first kappa shape index (κ1) is 19.0. The van der Waals surface area contributed by atoms with Crippen LogP contribution in [0.25, 0.3) is 0 Å². The highest BCUT2D eigenvalue weighted by atomic mass is 79.9. The minimum atomic E-state index is -0.740. The van der Waals surface area contributed by atoms with Crippen molar-refractivity contribution < 1.29 is 19.1 Å². The number of esters is 1. The van der Waals surface area contributed by atoms with Crippen LogP contribution in [0.3, 0.4) is 0 Å². The Balaban J connectivity index is 1.71. The number of amides is 1. The summed E-state index contributed by atoms with van der Waals surface area (Å²) in [5.41, 5.74) is 1.62. The average molecular weight is 406 g/mol. The van der Waals surface area contributed by atoms with Crippen LogP contribution >= 0.6 is 15.9 Å². The molecule has 0 aliphatic rings. The van der Waals surface area contributed by atoms with Gasteiger partial charge in [-0.05, 0) is 50.2 Å². The van der Waals surface area contributed by atoms with Gasteiger partial charge in [-0.15, -0.1) is 0 Å². The lowest BCUT2D eigenvalue weighted by atomic mass is 10.2. The number of aryl methyl sites for hydroxylation is 1. The summed E-state index contributed by atoms with van der Waals surface area (Å²) in [6.07, 6.45) is 0. The van der Waals surface area contributed by atoms with Crippen molar-refractivity contribution in [1.82, 2.24) is 5.32 Å². The highest BCUT2D eigenvalue weighted by Gasteiger charge is 2.17. The van der Waals surface area contributed by atoms with E-state index in [4.69, 9.17) is 9.47 Å². The minimum Gasteiger partial charge on any atom is -0.490 e. The number of rotatable bonds is 7. The maximum atomic E-state index is 12.1. The average Bonchev–Trinajstić information content (AvgIpc) is 2.60. The molecule has 0 aromatic heterocycles. The fourth-order valence-corrected chi connectivity index (χ4v) is 2.27. The van der Waals surface area contributed by atoms with E-state index < -0.39 is 12.0 Å². The minimum absolute atomic E-state index is 0.116. The smallest absolute Gasteiger partial charge is 0.328 e. The molecule has 0 radical (unpaired) electrons. The van der Waals surface area contributed by atoms with Crippen LogP contribution in [0.2, 0.25) is 0 Å². The second-order valence-electron chi connectivity index (χ2n) is 5.53. The number of carbonyl (C=O) groups is 2. The summed E-state index contributed by atoms with van der Waals surface area (Å²) >= 11 is 3.31. The van der Waals surface area contributed by atoms with Gasteiger partial charge in [0.2, 0.25) is 0 Å². The van der Waals surface area contributed by atoms with Crippen molar-refractivity contribution in [3.8, 4) is 5.75 Å². The fraction of sp³-hybridized carbons (Fsp3) is 0.263. The van der Waals surface area contributed by atoms with Crippen LogP contribution < -0.4 is 10.1 Å². The van der Waals surface area contributed by atoms with Gasteiger partial charge in [0.25, 0.3) is 5.91 Å². The van der Waals surface area contributed by atoms with Gasteiger partial charge < -0.3 is 14.8 Å². The third kappa shape index (κ3) is 6.23. The van der Waals surface area contributed by atoms with E-state index >= 15 is 0 Å². The van der Waals surface area contributed by atoms with E-state index in [0.29, 0.717) is 5.56 Å². The SMILES string of the molecule is Cc1ccc(OCCOC(=O)[C@H](C)NC(=O)c2ccc(Br)cc2)cc1. The van der Waals surface area contributed by atoms with Gasteiger partial charge in [-0.3, -0.25) is 4.79 Å². The molecule has 25 heavy (non-hydrogen) atoms. The van der Waals surface area contributed by atoms with Gasteiger partial charge >= 0.3 is 5.97 Å². The monoisotopic (exact) mass is 405 g/mol. The zero-order valence-electron chi connectivity index (χ0n) is 14.1. The van der Waals surface area contributed by atoms with Crippen molar-refractivity contribution in [3.05, 3.63) is 64.1 Å². The second kappa shape index (κ2) is 9.22. The number of carbonyl (C=O) groups excluding carboxylic acids is 2. The van der Waals surface area contributed by atoms with Crippen LogP contribution in [0.5, 0.6) is 5.75 Å². The van der Waals surface area contributed by atoms with E-state index in [1.165, 1.54) is 0 Å². The largest absolute Gasteiger partial charge is 0.490 e. The van der Waals surface area contributed by atoms with Crippen LogP contribution in [0.15, 0.2) is 53.0 Å². The van der Waals surface area contributed by atoms with Gasteiger partial charge in [-0.2, -0.15) is 0 Å². The van der Waals surface area contributed by atoms with Crippen LogP contribution in [-0.2, 0) is 9.53 Å². The number of nitrogens with one attached hydrogen (secondary N) is 1. The van der Waals surface area contributed by atoms with E-state index in [2.05, 4.69) is 21.2 Å². The molecule has 1 N–H and O–H groups in total. The Kier molecular flexibility index (Phi) is 7.01. The maximum Gasteiger partial charge on any atom is 0.328 e. The van der Waals surface area contributed by atoms with Crippen LogP contribution in [0.1, 0.15) is 22.8 Å². The summed E-state index contributed by atoms with van der Waals surface area (Å²) in [6, 6.07) is 13.7. The van der Waals surface area contributed by atoms with Crippen LogP contribution in [0.4, 0.5) is 0 Å². The maximum absolute atomic E-state index is 12.1.